The first-order chi connectivity index (χ1) is 11.0. The molecule has 0 saturated heterocycles. The summed E-state index contributed by atoms with van der Waals surface area (Å²) in [7, 11) is 0. The van der Waals surface area contributed by atoms with Crippen LogP contribution in [0.1, 0.15) is 37.8 Å². The van der Waals surface area contributed by atoms with Gasteiger partial charge in [-0.25, -0.2) is 0 Å². The summed E-state index contributed by atoms with van der Waals surface area (Å²) < 4.78 is 5.70. The Hall–Kier alpha value is -2.29. The lowest BCUT2D eigenvalue weighted by Crippen LogP contribution is -2.27. The smallest absolute Gasteiger partial charge is 0.216 e. The lowest BCUT2D eigenvalue weighted by Gasteiger charge is -2.19. The van der Waals surface area contributed by atoms with Gasteiger partial charge in [-0.1, -0.05) is 42.5 Å². The molecule has 2 aromatic carbocycles. The van der Waals surface area contributed by atoms with Crippen LogP contribution in [0.25, 0.3) is 0 Å². The van der Waals surface area contributed by atoms with Crippen LogP contribution in [0.15, 0.2) is 54.6 Å². The van der Waals surface area contributed by atoms with Crippen molar-refractivity contribution in [2.75, 3.05) is 6.54 Å². The van der Waals surface area contributed by atoms with E-state index in [-0.39, 0.29) is 17.9 Å². The van der Waals surface area contributed by atoms with Gasteiger partial charge in [-0.15, -0.1) is 0 Å². The largest absolute Gasteiger partial charge is 0.491 e. The van der Waals surface area contributed by atoms with Crippen LogP contribution in [0.4, 0.5) is 0 Å². The van der Waals surface area contributed by atoms with Crippen molar-refractivity contribution in [3.8, 4) is 5.75 Å². The summed E-state index contributed by atoms with van der Waals surface area (Å²) in [4.78, 5) is 11.3. The molecule has 0 bridgehead atoms. The maximum atomic E-state index is 11.3. The van der Waals surface area contributed by atoms with E-state index in [1.54, 1.807) is 6.92 Å². The van der Waals surface area contributed by atoms with Crippen molar-refractivity contribution in [2.24, 2.45) is 0 Å². The van der Waals surface area contributed by atoms with E-state index in [2.05, 4.69) is 29.6 Å². The van der Waals surface area contributed by atoms with Gasteiger partial charge in [0.05, 0.1) is 6.10 Å². The number of rotatable bonds is 7. The van der Waals surface area contributed by atoms with Gasteiger partial charge in [0.15, 0.2) is 0 Å². The number of carbonyl (C=O) groups excluding carboxylic acids is 1. The minimum atomic E-state index is 0.00261. The molecule has 0 aromatic heterocycles. The normalized spacial score (nSPS) is 12.0. The number of hydrogen-bond acceptors (Lipinski definition) is 2. The molecule has 1 atom stereocenters. The topological polar surface area (TPSA) is 38.3 Å². The first-order valence-electron chi connectivity index (χ1n) is 8.09. The second-order valence-corrected chi connectivity index (χ2v) is 6.06. The van der Waals surface area contributed by atoms with Crippen molar-refractivity contribution in [2.45, 2.75) is 39.2 Å². The number of ether oxygens (including phenoxy) is 1. The first-order valence-corrected chi connectivity index (χ1v) is 8.09. The molecule has 2 aromatic rings. The molecule has 1 N–H and O–H groups in total. The fraction of sp³-hybridized carbons (Fsp3) is 0.350. The third-order valence-electron chi connectivity index (χ3n) is 3.65. The van der Waals surface area contributed by atoms with Gasteiger partial charge in [0, 0.05) is 19.4 Å². The molecule has 122 valence electrons. The van der Waals surface area contributed by atoms with Crippen LogP contribution in [-0.2, 0) is 11.2 Å². The molecule has 0 saturated carbocycles. The number of amides is 1. The quantitative estimate of drug-likeness (QED) is 0.841. The molecule has 23 heavy (non-hydrogen) atoms. The fourth-order valence-electron chi connectivity index (χ4n) is 2.56. The Balaban J connectivity index is 2.13. The van der Waals surface area contributed by atoms with Crippen LogP contribution >= 0.6 is 0 Å². The zero-order valence-electron chi connectivity index (χ0n) is 14.1. The van der Waals surface area contributed by atoms with Crippen LogP contribution in [0.5, 0.6) is 5.75 Å². The van der Waals surface area contributed by atoms with Gasteiger partial charge in [-0.3, -0.25) is 4.79 Å². The number of benzene rings is 2. The molecule has 0 aliphatic heterocycles. The highest BCUT2D eigenvalue weighted by Crippen LogP contribution is 2.23. The van der Waals surface area contributed by atoms with Gasteiger partial charge in [-0.2, -0.15) is 0 Å². The second kappa shape index (κ2) is 8.37. The summed E-state index contributed by atoms with van der Waals surface area (Å²) >= 11 is 0. The zero-order chi connectivity index (χ0) is 16.7. The molecule has 0 radical (unpaired) electrons. The monoisotopic (exact) mass is 311 g/mol. The molecule has 0 aliphatic rings. The maximum absolute atomic E-state index is 11.3. The lowest BCUT2D eigenvalue weighted by atomic mass is 9.92. The van der Waals surface area contributed by atoms with Gasteiger partial charge >= 0.3 is 0 Å². The summed E-state index contributed by atoms with van der Waals surface area (Å²) in [6.45, 7) is 6.22. The van der Waals surface area contributed by atoms with Crippen LogP contribution < -0.4 is 10.1 Å². The third-order valence-corrected chi connectivity index (χ3v) is 3.65. The summed E-state index contributed by atoms with van der Waals surface area (Å²) in [5.41, 5.74) is 2.48. The van der Waals surface area contributed by atoms with E-state index < -0.39 is 0 Å². The van der Waals surface area contributed by atoms with Gasteiger partial charge < -0.3 is 10.1 Å². The van der Waals surface area contributed by atoms with Crippen molar-refractivity contribution in [3.05, 3.63) is 65.7 Å². The molecule has 2 rings (SSSR count). The van der Waals surface area contributed by atoms with Crippen LogP contribution in [0.3, 0.4) is 0 Å². The number of nitrogens with one attached hydrogen (secondary N) is 1. The highest BCUT2D eigenvalue weighted by Gasteiger charge is 2.13. The van der Waals surface area contributed by atoms with Gasteiger partial charge in [-0.05, 0) is 43.5 Å². The van der Waals surface area contributed by atoms with E-state index >= 15 is 0 Å². The molecule has 0 fully saturated rings. The van der Waals surface area contributed by atoms with Crippen molar-refractivity contribution >= 4 is 5.91 Å². The molecule has 3 nitrogen and oxygen atoms in total. The summed E-state index contributed by atoms with van der Waals surface area (Å²) in [6, 6.07) is 18.5. The van der Waals surface area contributed by atoms with E-state index in [0.29, 0.717) is 6.54 Å². The molecule has 1 amide bonds. The first kappa shape index (κ1) is 17.1. The SMILES string of the molecule is CC(=O)NC[C@@H](Cc1ccccc1)c1ccc(OC(C)C)cc1. The molecular weight excluding hydrogens is 286 g/mol. The third kappa shape index (κ3) is 5.78. The summed E-state index contributed by atoms with van der Waals surface area (Å²) in [5, 5.41) is 2.94. The lowest BCUT2D eigenvalue weighted by molar-refractivity contribution is -0.119. The van der Waals surface area contributed by atoms with Crippen molar-refractivity contribution in [1.82, 2.24) is 5.32 Å². The van der Waals surface area contributed by atoms with Gasteiger partial charge in [0.1, 0.15) is 5.75 Å². The molecule has 0 aliphatic carbocycles. The molecule has 0 spiro atoms. The Morgan fingerprint density at radius 2 is 1.70 bits per heavy atom. The number of carbonyl (C=O) groups is 1. The molecular formula is C20H25NO2. The minimum absolute atomic E-state index is 0.00261. The van der Waals surface area contributed by atoms with Crippen LogP contribution in [0, 0.1) is 0 Å². The standard InChI is InChI=1S/C20H25NO2/c1-15(2)23-20-11-9-18(10-12-20)19(14-21-16(3)22)13-17-7-5-4-6-8-17/h4-12,15,19H,13-14H2,1-3H3,(H,21,22)/t19-/m1/s1. The van der Waals surface area contributed by atoms with E-state index in [1.807, 2.05) is 44.2 Å². The maximum Gasteiger partial charge on any atom is 0.216 e. The Morgan fingerprint density at radius 1 is 1.04 bits per heavy atom. The van der Waals surface area contributed by atoms with E-state index in [1.165, 1.54) is 11.1 Å². The van der Waals surface area contributed by atoms with Crippen molar-refractivity contribution < 1.29 is 9.53 Å². The van der Waals surface area contributed by atoms with Gasteiger partial charge in [0.2, 0.25) is 5.91 Å². The summed E-state index contributed by atoms with van der Waals surface area (Å²) in [6.07, 6.45) is 1.06. The second-order valence-electron chi connectivity index (χ2n) is 6.06. The highest BCUT2D eigenvalue weighted by atomic mass is 16.5. The van der Waals surface area contributed by atoms with Crippen LogP contribution in [-0.4, -0.2) is 18.6 Å². The zero-order valence-corrected chi connectivity index (χ0v) is 14.1. The summed E-state index contributed by atoms with van der Waals surface area (Å²) in [5.74, 6) is 1.12. The predicted octanol–water partition coefficient (Wildman–Crippen LogP) is 3.94. The van der Waals surface area contributed by atoms with E-state index in [9.17, 15) is 4.79 Å². The minimum Gasteiger partial charge on any atom is -0.491 e. The molecule has 0 heterocycles. The molecule has 0 unspecified atom stereocenters. The molecule has 3 heteroatoms. The Morgan fingerprint density at radius 3 is 2.26 bits per heavy atom. The highest BCUT2D eigenvalue weighted by molar-refractivity contribution is 5.72. The Bertz CT molecular complexity index is 605. The predicted molar refractivity (Wildman–Crippen MR) is 93.8 cm³/mol. The fourth-order valence-corrected chi connectivity index (χ4v) is 2.56. The van der Waals surface area contributed by atoms with Crippen molar-refractivity contribution in [1.29, 1.82) is 0 Å². The Kier molecular flexibility index (Phi) is 6.21. The number of hydrogen-bond donors (Lipinski definition) is 1. The van der Waals surface area contributed by atoms with E-state index in [4.69, 9.17) is 4.74 Å². The van der Waals surface area contributed by atoms with Crippen molar-refractivity contribution in [3.63, 3.8) is 0 Å². The average molecular weight is 311 g/mol. The van der Waals surface area contributed by atoms with Gasteiger partial charge in [0.25, 0.3) is 0 Å². The Labute approximate surface area is 138 Å². The van der Waals surface area contributed by atoms with E-state index in [0.717, 1.165) is 12.2 Å². The average Bonchev–Trinajstić information content (AvgIpc) is 2.52. The van der Waals surface area contributed by atoms with Crippen LogP contribution in [0.2, 0.25) is 0 Å².